The molecule has 0 bridgehead atoms. The Labute approximate surface area is 250 Å². The van der Waals surface area contributed by atoms with Crippen molar-refractivity contribution in [2.45, 2.75) is 33.3 Å². The average Bonchev–Trinajstić information content (AvgIpc) is 3.00. The summed E-state index contributed by atoms with van der Waals surface area (Å²) in [6.07, 6.45) is 0. The third-order valence-electron chi connectivity index (χ3n) is 6.92. The number of fused-ring (bicyclic) bond motifs is 1. The molecule has 0 fully saturated rings. The second-order valence-electron chi connectivity index (χ2n) is 10.1. The lowest BCUT2D eigenvalue weighted by Gasteiger charge is -2.27. The largest absolute Gasteiger partial charge is 0.490 e. The predicted octanol–water partition coefficient (Wildman–Crippen LogP) is 6.48. The van der Waals surface area contributed by atoms with Crippen molar-refractivity contribution in [3.63, 3.8) is 0 Å². The van der Waals surface area contributed by atoms with E-state index in [1.54, 1.807) is 30.3 Å². The average molecular weight is 577 g/mol. The molecule has 5 rings (SSSR count). The number of aryl methyl sites for hydroxylation is 2. The van der Waals surface area contributed by atoms with Crippen LogP contribution in [0.5, 0.6) is 28.7 Å². The number of esters is 1. The monoisotopic (exact) mass is 576 g/mol. The summed E-state index contributed by atoms with van der Waals surface area (Å²) in [4.78, 5) is 12.5. The number of carbonyl (C=O) groups is 1. The van der Waals surface area contributed by atoms with E-state index in [9.17, 15) is 10.1 Å². The van der Waals surface area contributed by atoms with Gasteiger partial charge in [-0.1, -0.05) is 59.7 Å². The van der Waals surface area contributed by atoms with Gasteiger partial charge in [0.15, 0.2) is 18.1 Å². The van der Waals surface area contributed by atoms with Crippen molar-refractivity contribution in [2.75, 3.05) is 13.2 Å². The van der Waals surface area contributed by atoms with Gasteiger partial charge in [-0.15, -0.1) is 0 Å². The minimum atomic E-state index is -0.573. The standard InChI is InChI=1S/C35H32N2O6/c1-4-39-32-17-25(11-16-30(32)41-20-24-9-5-22(2)6-10-24)34-28-15-14-27(18-31(28)43-35(37)29(34)19-36)42-33(38)21-40-26-12-7-23(3)8-13-26/h5-18,34H,4,20-21,37H2,1-3H3. The Balaban J connectivity index is 1.36. The van der Waals surface area contributed by atoms with Gasteiger partial charge in [0.25, 0.3) is 0 Å². The second-order valence-corrected chi connectivity index (χ2v) is 10.1. The molecule has 43 heavy (non-hydrogen) atoms. The Morgan fingerprint density at radius 3 is 2.26 bits per heavy atom. The third kappa shape index (κ3) is 6.91. The van der Waals surface area contributed by atoms with Gasteiger partial charge in [0.1, 0.15) is 35.5 Å². The number of benzene rings is 4. The molecule has 1 unspecified atom stereocenters. The van der Waals surface area contributed by atoms with Gasteiger partial charge < -0.3 is 29.4 Å². The molecule has 2 N–H and O–H groups in total. The van der Waals surface area contributed by atoms with Crippen LogP contribution in [0.25, 0.3) is 0 Å². The van der Waals surface area contributed by atoms with Gasteiger partial charge in [-0.25, -0.2) is 4.79 Å². The summed E-state index contributed by atoms with van der Waals surface area (Å²) in [6.45, 7) is 6.46. The van der Waals surface area contributed by atoms with Crippen molar-refractivity contribution in [1.82, 2.24) is 0 Å². The molecule has 0 aromatic heterocycles. The van der Waals surface area contributed by atoms with Crippen LogP contribution in [0.2, 0.25) is 0 Å². The first kappa shape index (κ1) is 29.1. The van der Waals surface area contributed by atoms with Crippen molar-refractivity contribution in [1.29, 1.82) is 5.26 Å². The second kappa shape index (κ2) is 13.0. The molecule has 0 saturated heterocycles. The van der Waals surface area contributed by atoms with Gasteiger partial charge in [-0.05, 0) is 62.2 Å². The molecular formula is C35H32N2O6. The minimum Gasteiger partial charge on any atom is -0.490 e. The fourth-order valence-corrected chi connectivity index (χ4v) is 4.72. The summed E-state index contributed by atoms with van der Waals surface area (Å²) in [5, 5.41) is 10.0. The third-order valence-corrected chi connectivity index (χ3v) is 6.92. The molecule has 1 aliphatic rings. The van der Waals surface area contributed by atoms with Crippen molar-refractivity contribution < 1.29 is 28.5 Å². The molecule has 0 radical (unpaired) electrons. The number of ether oxygens (including phenoxy) is 5. The van der Waals surface area contributed by atoms with E-state index in [1.165, 1.54) is 5.56 Å². The highest BCUT2D eigenvalue weighted by Gasteiger charge is 2.32. The number of hydrogen-bond acceptors (Lipinski definition) is 8. The highest BCUT2D eigenvalue weighted by Crippen LogP contribution is 2.45. The molecule has 1 atom stereocenters. The molecule has 8 heteroatoms. The first-order chi connectivity index (χ1) is 20.8. The number of nitrogens with zero attached hydrogens (tertiary/aromatic N) is 1. The van der Waals surface area contributed by atoms with Crippen LogP contribution in [0.3, 0.4) is 0 Å². The summed E-state index contributed by atoms with van der Waals surface area (Å²) < 4.78 is 28.8. The van der Waals surface area contributed by atoms with Gasteiger partial charge in [-0.2, -0.15) is 5.26 Å². The first-order valence-corrected chi connectivity index (χ1v) is 13.9. The topological polar surface area (TPSA) is 113 Å². The van der Waals surface area contributed by atoms with Crippen LogP contribution in [0.4, 0.5) is 0 Å². The number of allylic oxidation sites excluding steroid dienone is 1. The van der Waals surface area contributed by atoms with E-state index < -0.39 is 11.9 Å². The van der Waals surface area contributed by atoms with E-state index in [4.69, 9.17) is 29.4 Å². The summed E-state index contributed by atoms with van der Waals surface area (Å²) in [6, 6.07) is 28.3. The molecule has 0 spiro atoms. The minimum absolute atomic E-state index is 0.0242. The maximum Gasteiger partial charge on any atom is 0.349 e. The zero-order valence-corrected chi connectivity index (χ0v) is 24.3. The molecule has 1 heterocycles. The molecule has 4 aromatic carbocycles. The van der Waals surface area contributed by atoms with Crippen molar-refractivity contribution >= 4 is 5.97 Å². The van der Waals surface area contributed by atoms with E-state index in [0.29, 0.717) is 41.8 Å². The van der Waals surface area contributed by atoms with Gasteiger partial charge in [0.2, 0.25) is 5.88 Å². The van der Waals surface area contributed by atoms with E-state index >= 15 is 0 Å². The zero-order valence-electron chi connectivity index (χ0n) is 24.3. The van der Waals surface area contributed by atoms with Crippen molar-refractivity contribution in [2.24, 2.45) is 5.73 Å². The lowest BCUT2D eigenvalue weighted by molar-refractivity contribution is -0.136. The van der Waals surface area contributed by atoms with Gasteiger partial charge >= 0.3 is 5.97 Å². The van der Waals surface area contributed by atoms with Crippen LogP contribution in [0.1, 0.15) is 40.7 Å². The molecule has 8 nitrogen and oxygen atoms in total. The molecule has 0 aliphatic carbocycles. The lowest BCUT2D eigenvalue weighted by Crippen LogP contribution is -2.22. The number of carbonyl (C=O) groups excluding carboxylic acids is 1. The van der Waals surface area contributed by atoms with Crippen LogP contribution >= 0.6 is 0 Å². The molecule has 218 valence electrons. The molecular weight excluding hydrogens is 544 g/mol. The van der Waals surface area contributed by atoms with Crippen molar-refractivity contribution in [3.8, 4) is 34.8 Å². The normalized spacial score (nSPS) is 13.8. The number of nitriles is 1. The van der Waals surface area contributed by atoms with Gasteiger partial charge in [-0.3, -0.25) is 0 Å². The number of hydrogen-bond donors (Lipinski definition) is 1. The Kier molecular flexibility index (Phi) is 8.82. The van der Waals surface area contributed by atoms with Gasteiger partial charge in [0, 0.05) is 11.6 Å². The number of rotatable bonds is 10. The SMILES string of the molecule is CCOc1cc(C2C(C#N)=C(N)Oc3cc(OC(=O)COc4ccc(C)cc4)ccc32)ccc1OCc1ccc(C)cc1. The maximum absolute atomic E-state index is 12.5. The van der Waals surface area contributed by atoms with E-state index in [2.05, 4.69) is 6.07 Å². The maximum atomic E-state index is 12.5. The highest BCUT2D eigenvalue weighted by atomic mass is 16.6. The quantitative estimate of drug-likeness (QED) is 0.169. The Bertz CT molecular complexity index is 1690. The summed E-state index contributed by atoms with van der Waals surface area (Å²) >= 11 is 0. The zero-order chi connectivity index (χ0) is 30.3. The predicted molar refractivity (Wildman–Crippen MR) is 161 cm³/mol. The summed E-state index contributed by atoms with van der Waals surface area (Å²) in [7, 11) is 0. The fraction of sp³-hybridized carbons (Fsp3) is 0.200. The van der Waals surface area contributed by atoms with E-state index in [-0.39, 0.29) is 23.8 Å². The van der Waals surface area contributed by atoms with Crippen LogP contribution < -0.4 is 29.4 Å². The molecule has 4 aromatic rings. The van der Waals surface area contributed by atoms with E-state index in [1.807, 2.05) is 75.4 Å². The van der Waals surface area contributed by atoms with E-state index in [0.717, 1.165) is 16.7 Å². The highest BCUT2D eigenvalue weighted by molar-refractivity contribution is 5.74. The summed E-state index contributed by atoms with van der Waals surface area (Å²) in [5.74, 6) is 1.22. The Hall–Kier alpha value is -5.42. The molecule has 0 amide bonds. The smallest absolute Gasteiger partial charge is 0.349 e. The summed E-state index contributed by atoms with van der Waals surface area (Å²) in [5.41, 5.74) is 11.2. The first-order valence-electron chi connectivity index (χ1n) is 13.9. The van der Waals surface area contributed by atoms with Crippen LogP contribution in [0.15, 0.2) is 96.4 Å². The lowest BCUT2D eigenvalue weighted by atomic mass is 9.83. The van der Waals surface area contributed by atoms with Crippen LogP contribution in [-0.2, 0) is 11.4 Å². The fourth-order valence-electron chi connectivity index (χ4n) is 4.72. The number of nitrogens with two attached hydrogens (primary N) is 1. The molecule has 0 saturated carbocycles. The molecule has 1 aliphatic heterocycles. The Morgan fingerprint density at radius 1 is 0.860 bits per heavy atom. The van der Waals surface area contributed by atoms with Crippen LogP contribution in [-0.4, -0.2) is 19.2 Å². The Morgan fingerprint density at radius 2 is 1.56 bits per heavy atom. The van der Waals surface area contributed by atoms with Gasteiger partial charge in [0.05, 0.1) is 12.5 Å². The van der Waals surface area contributed by atoms with Crippen molar-refractivity contribution in [3.05, 3.63) is 124 Å². The van der Waals surface area contributed by atoms with Crippen LogP contribution in [0, 0.1) is 25.2 Å².